The Bertz CT molecular complexity index is 487. The van der Waals surface area contributed by atoms with Crippen LogP contribution in [-0.2, 0) is 0 Å². The van der Waals surface area contributed by atoms with E-state index in [4.69, 9.17) is 0 Å². The molecule has 0 radical (unpaired) electrons. The normalized spacial score (nSPS) is 10.7. The van der Waals surface area contributed by atoms with Gasteiger partial charge in [-0.2, -0.15) is 0 Å². The highest BCUT2D eigenvalue weighted by molar-refractivity contribution is 9.09. The second-order valence-electron chi connectivity index (χ2n) is 3.31. The summed E-state index contributed by atoms with van der Waals surface area (Å²) in [6, 6.07) is 7.75. The average molecular weight is 252 g/mol. The summed E-state index contributed by atoms with van der Waals surface area (Å²) in [5.41, 5.74) is 2.95. The Kier molecular flexibility index (Phi) is 2.42. The molecule has 1 N–H and O–H groups in total. The SMILES string of the molecule is Cc1cc2cc(C(=O)CBr)ccc2[nH]1. The molecule has 0 fully saturated rings. The minimum Gasteiger partial charge on any atom is -0.359 e. The van der Waals surface area contributed by atoms with Crippen LogP contribution in [0.4, 0.5) is 0 Å². The molecule has 0 aliphatic carbocycles. The first-order valence-electron chi connectivity index (χ1n) is 4.39. The Balaban J connectivity index is 2.55. The monoisotopic (exact) mass is 251 g/mol. The van der Waals surface area contributed by atoms with Gasteiger partial charge < -0.3 is 4.98 Å². The van der Waals surface area contributed by atoms with Crippen molar-refractivity contribution in [3.05, 3.63) is 35.5 Å². The van der Waals surface area contributed by atoms with E-state index in [1.54, 1.807) is 0 Å². The summed E-state index contributed by atoms with van der Waals surface area (Å²) in [6.07, 6.45) is 0. The van der Waals surface area contributed by atoms with Crippen molar-refractivity contribution in [2.24, 2.45) is 0 Å². The standard InChI is InChI=1S/C11H10BrNO/c1-7-4-9-5-8(11(14)6-12)2-3-10(9)13-7/h2-5,13H,6H2,1H3. The molecule has 0 aliphatic heterocycles. The van der Waals surface area contributed by atoms with Gasteiger partial charge in [0.2, 0.25) is 0 Å². The zero-order chi connectivity index (χ0) is 10.1. The summed E-state index contributed by atoms with van der Waals surface area (Å²) < 4.78 is 0. The van der Waals surface area contributed by atoms with E-state index >= 15 is 0 Å². The molecule has 1 aromatic heterocycles. The van der Waals surface area contributed by atoms with Crippen molar-refractivity contribution in [3.8, 4) is 0 Å². The number of fused-ring (bicyclic) bond motifs is 1. The lowest BCUT2D eigenvalue weighted by Gasteiger charge is -1.96. The molecule has 2 nitrogen and oxygen atoms in total. The lowest BCUT2D eigenvalue weighted by Crippen LogP contribution is -1.98. The number of H-pyrrole nitrogens is 1. The van der Waals surface area contributed by atoms with E-state index in [-0.39, 0.29) is 5.78 Å². The number of hydrogen-bond acceptors (Lipinski definition) is 1. The fourth-order valence-corrected chi connectivity index (χ4v) is 1.85. The van der Waals surface area contributed by atoms with Crippen molar-refractivity contribution in [2.45, 2.75) is 6.92 Å². The summed E-state index contributed by atoms with van der Waals surface area (Å²) in [7, 11) is 0. The van der Waals surface area contributed by atoms with Crippen LogP contribution in [0, 0.1) is 6.92 Å². The van der Waals surface area contributed by atoms with Gasteiger partial charge >= 0.3 is 0 Å². The number of aryl methyl sites for hydroxylation is 1. The predicted octanol–water partition coefficient (Wildman–Crippen LogP) is 3.05. The molecular formula is C11H10BrNO. The molecule has 2 rings (SSSR count). The number of carbonyl (C=O) groups excluding carboxylic acids is 1. The second-order valence-corrected chi connectivity index (χ2v) is 3.87. The average Bonchev–Trinajstić information content (AvgIpc) is 2.55. The van der Waals surface area contributed by atoms with Gasteiger partial charge in [-0.1, -0.05) is 15.9 Å². The van der Waals surface area contributed by atoms with Crippen LogP contribution in [0.1, 0.15) is 16.1 Å². The summed E-state index contributed by atoms with van der Waals surface area (Å²) >= 11 is 3.16. The van der Waals surface area contributed by atoms with E-state index in [1.165, 1.54) is 0 Å². The highest BCUT2D eigenvalue weighted by Gasteiger charge is 2.05. The fourth-order valence-electron chi connectivity index (χ4n) is 1.53. The van der Waals surface area contributed by atoms with Gasteiger partial charge in [-0.05, 0) is 31.2 Å². The molecule has 72 valence electrons. The topological polar surface area (TPSA) is 32.9 Å². The molecule has 0 saturated carbocycles. The molecule has 1 heterocycles. The highest BCUT2D eigenvalue weighted by atomic mass is 79.9. The van der Waals surface area contributed by atoms with E-state index < -0.39 is 0 Å². The lowest BCUT2D eigenvalue weighted by atomic mass is 10.1. The van der Waals surface area contributed by atoms with Gasteiger partial charge in [-0.15, -0.1) is 0 Å². The van der Waals surface area contributed by atoms with Crippen molar-refractivity contribution in [1.82, 2.24) is 4.98 Å². The minimum absolute atomic E-state index is 0.116. The van der Waals surface area contributed by atoms with Crippen molar-refractivity contribution in [2.75, 3.05) is 5.33 Å². The zero-order valence-corrected chi connectivity index (χ0v) is 9.39. The first-order chi connectivity index (χ1) is 6.70. The molecule has 0 unspecified atom stereocenters. The number of Topliss-reactive ketones (excluding diaryl/α,β-unsaturated/α-hetero) is 1. The third kappa shape index (κ3) is 1.60. The molecule has 0 aliphatic rings. The number of alkyl halides is 1. The van der Waals surface area contributed by atoms with Crippen molar-refractivity contribution >= 4 is 32.6 Å². The van der Waals surface area contributed by atoms with Gasteiger partial charge in [0, 0.05) is 22.2 Å². The second kappa shape index (κ2) is 3.58. The molecule has 14 heavy (non-hydrogen) atoms. The van der Waals surface area contributed by atoms with Crippen LogP contribution in [0.2, 0.25) is 0 Å². The van der Waals surface area contributed by atoms with Crippen molar-refractivity contribution in [1.29, 1.82) is 0 Å². The molecule has 0 spiro atoms. The Labute approximate surface area is 90.4 Å². The van der Waals surface area contributed by atoms with Crippen LogP contribution >= 0.6 is 15.9 Å². The van der Waals surface area contributed by atoms with Gasteiger partial charge in [0.05, 0.1) is 5.33 Å². The van der Waals surface area contributed by atoms with Crippen LogP contribution < -0.4 is 0 Å². The van der Waals surface area contributed by atoms with Crippen molar-refractivity contribution < 1.29 is 4.79 Å². The zero-order valence-electron chi connectivity index (χ0n) is 7.80. The fraction of sp³-hybridized carbons (Fsp3) is 0.182. The van der Waals surface area contributed by atoms with Gasteiger partial charge in [-0.25, -0.2) is 0 Å². The van der Waals surface area contributed by atoms with Crippen LogP contribution in [0.15, 0.2) is 24.3 Å². The first-order valence-corrected chi connectivity index (χ1v) is 5.51. The summed E-state index contributed by atoms with van der Waals surface area (Å²) in [4.78, 5) is 14.6. The van der Waals surface area contributed by atoms with Gasteiger partial charge in [0.25, 0.3) is 0 Å². The number of ketones is 1. The maximum absolute atomic E-state index is 11.4. The molecule has 0 amide bonds. The van der Waals surface area contributed by atoms with Crippen LogP contribution in [-0.4, -0.2) is 16.1 Å². The van der Waals surface area contributed by atoms with Gasteiger partial charge in [-0.3, -0.25) is 4.79 Å². The number of benzene rings is 1. The van der Waals surface area contributed by atoms with E-state index in [2.05, 4.69) is 20.9 Å². The third-order valence-electron chi connectivity index (χ3n) is 2.20. The minimum atomic E-state index is 0.116. The van der Waals surface area contributed by atoms with E-state index in [0.29, 0.717) is 5.33 Å². The predicted molar refractivity (Wildman–Crippen MR) is 61.2 cm³/mol. The Hall–Kier alpha value is -1.09. The summed E-state index contributed by atoms with van der Waals surface area (Å²) in [5, 5.41) is 1.47. The first kappa shape index (κ1) is 9.46. The number of rotatable bonds is 2. The Morgan fingerprint density at radius 2 is 2.21 bits per heavy atom. The largest absolute Gasteiger partial charge is 0.359 e. The maximum Gasteiger partial charge on any atom is 0.173 e. The number of aromatic amines is 1. The van der Waals surface area contributed by atoms with Gasteiger partial charge in [0.15, 0.2) is 5.78 Å². The van der Waals surface area contributed by atoms with E-state index in [9.17, 15) is 4.79 Å². The van der Waals surface area contributed by atoms with Crippen LogP contribution in [0.5, 0.6) is 0 Å². The summed E-state index contributed by atoms with van der Waals surface area (Å²) in [6.45, 7) is 2.01. The molecule has 0 saturated heterocycles. The lowest BCUT2D eigenvalue weighted by molar-refractivity contribution is 0.102. The van der Waals surface area contributed by atoms with Crippen molar-refractivity contribution in [3.63, 3.8) is 0 Å². The number of halogens is 1. The molecule has 0 atom stereocenters. The van der Waals surface area contributed by atoms with Crippen LogP contribution in [0.3, 0.4) is 0 Å². The molecule has 2 aromatic rings. The molecule has 0 bridgehead atoms. The molecular weight excluding hydrogens is 242 g/mol. The summed E-state index contributed by atoms with van der Waals surface area (Å²) in [5.74, 6) is 0.116. The Morgan fingerprint density at radius 3 is 2.93 bits per heavy atom. The van der Waals surface area contributed by atoms with Gasteiger partial charge in [0.1, 0.15) is 0 Å². The maximum atomic E-state index is 11.4. The smallest absolute Gasteiger partial charge is 0.173 e. The number of carbonyl (C=O) groups is 1. The Morgan fingerprint density at radius 1 is 1.43 bits per heavy atom. The number of nitrogens with one attached hydrogen (secondary N) is 1. The number of hydrogen-bond donors (Lipinski definition) is 1. The van der Waals surface area contributed by atoms with E-state index in [1.807, 2.05) is 31.2 Å². The quantitative estimate of drug-likeness (QED) is 0.646. The van der Waals surface area contributed by atoms with Crippen LogP contribution in [0.25, 0.3) is 10.9 Å². The number of aromatic nitrogens is 1. The van der Waals surface area contributed by atoms with E-state index in [0.717, 1.165) is 22.2 Å². The molecule has 1 aromatic carbocycles. The molecule has 3 heteroatoms. The third-order valence-corrected chi connectivity index (χ3v) is 2.71. The highest BCUT2D eigenvalue weighted by Crippen LogP contribution is 2.17.